The third kappa shape index (κ3) is 5.59. The van der Waals surface area contributed by atoms with E-state index in [4.69, 9.17) is 34.8 Å². The summed E-state index contributed by atoms with van der Waals surface area (Å²) in [4.78, 5) is 12.1. The summed E-state index contributed by atoms with van der Waals surface area (Å²) in [6, 6.07) is 10.4. The first-order valence-electron chi connectivity index (χ1n) is 7.81. The average Bonchev–Trinajstić information content (AvgIpc) is 2.53. The standard InChI is InChI=1S/C18H19Cl3N2O/c1-2-3-4-5-12-6-8-14(9-7-12)22-18(24)23-17-15(20)10-13(19)11-16(17)21/h6-11H,2-5H2,1H3,(H2,22,23,24). The zero-order valence-electron chi connectivity index (χ0n) is 13.3. The van der Waals surface area contributed by atoms with Crippen LogP contribution in [-0.2, 0) is 6.42 Å². The lowest BCUT2D eigenvalue weighted by molar-refractivity contribution is 0.262. The Morgan fingerprint density at radius 2 is 1.58 bits per heavy atom. The Kier molecular flexibility index (Phi) is 7.22. The Hall–Kier alpha value is -1.42. The van der Waals surface area contributed by atoms with Gasteiger partial charge in [0.2, 0.25) is 0 Å². The number of unbranched alkanes of at least 4 members (excludes halogenated alkanes) is 2. The second-order valence-corrected chi connectivity index (χ2v) is 6.73. The van der Waals surface area contributed by atoms with Crippen molar-refractivity contribution >= 4 is 52.2 Å². The molecule has 0 fully saturated rings. The van der Waals surface area contributed by atoms with Gasteiger partial charge in [-0.1, -0.05) is 66.7 Å². The van der Waals surface area contributed by atoms with Gasteiger partial charge in [0.05, 0.1) is 15.7 Å². The van der Waals surface area contributed by atoms with Crippen LogP contribution in [0.2, 0.25) is 15.1 Å². The molecule has 0 heterocycles. The normalized spacial score (nSPS) is 10.5. The van der Waals surface area contributed by atoms with E-state index in [0.717, 1.165) is 6.42 Å². The van der Waals surface area contributed by atoms with Gasteiger partial charge in [-0.25, -0.2) is 4.79 Å². The van der Waals surface area contributed by atoms with Gasteiger partial charge >= 0.3 is 6.03 Å². The van der Waals surface area contributed by atoms with Crippen molar-refractivity contribution in [3.8, 4) is 0 Å². The smallest absolute Gasteiger partial charge is 0.308 e. The highest BCUT2D eigenvalue weighted by Crippen LogP contribution is 2.33. The van der Waals surface area contributed by atoms with Gasteiger partial charge in [-0.3, -0.25) is 0 Å². The molecule has 0 aliphatic rings. The molecule has 0 atom stereocenters. The van der Waals surface area contributed by atoms with E-state index < -0.39 is 6.03 Å². The first-order chi connectivity index (χ1) is 11.5. The number of rotatable bonds is 6. The lowest BCUT2D eigenvalue weighted by atomic mass is 10.1. The van der Waals surface area contributed by atoms with Crippen LogP contribution in [0.4, 0.5) is 16.2 Å². The predicted octanol–water partition coefficient (Wildman–Crippen LogP) is 7.02. The lowest BCUT2D eigenvalue weighted by Gasteiger charge is -2.11. The molecule has 0 aliphatic carbocycles. The van der Waals surface area contributed by atoms with Crippen LogP contribution in [0.5, 0.6) is 0 Å². The molecule has 0 aromatic heterocycles. The third-order valence-corrected chi connectivity index (χ3v) is 4.34. The lowest BCUT2D eigenvalue weighted by Crippen LogP contribution is -2.19. The van der Waals surface area contributed by atoms with Crippen LogP contribution in [0.25, 0.3) is 0 Å². The molecule has 0 aliphatic heterocycles. The van der Waals surface area contributed by atoms with Crippen LogP contribution < -0.4 is 10.6 Å². The van der Waals surface area contributed by atoms with Gasteiger partial charge in [0.25, 0.3) is 0 Å². The summed E-state index contributed by atoms with van der Waals surface area (Å²) < 4.78 is 0. The minimum absolute atomic E-state index is 0.286. The van der Waals surface area contributed by atoms with E-state index in [9.17, 15) is 4.79 Å². The van der Waals surface area contributed by atoms with Crippen molar-refractivity contribution < 1.29 is 4.79 Å². The fourth-order valence-electron chi connectivity index (χ4n) is 2.27. The highest BCUT2D eigenvalue weighted by molar-refractivity contribution is 6.42. The van der Waals surface area contributed by atoms with Crippen molar-refractivity contribution in [1.82, 2.24) is 0 Å². The van der Waals surface area contributed by atoms with E-state index in [0.29, 0.717) is 16.4 Å². The Morgan fingerprint density at radius 1 is 0.958 bits per heavy atom. The van der Waals surface area contributed by atoms with E-state index in [1.54, 1.807) is 0 Å². The summed E-state index contributed by atoms with van der Waals surface area (Å²) in [5.74, 6) is 0. The highest BCUT2D eigenvalue weighted by Gasteiger charge is 2.11. The van der Waals surface area contributed by atoms with Gasteiger partial charge in [0.1, 0.15) is 0 Å². The molecule has 128 valence electrons. The van der Waals surface area contributed by atoms with Crippen molar-refractivity contribution in [3.63, 3.8) is 0 Å². The number of nitrogens with one attached hydrogen (secondary N) is 2. The van der Waals surface area contributed by atoms with Crippen LogP contribution in [0.3, 0.4) is 0 Å². The fourth-order valence-corrected chi connectivity index (χ4v) is 3.18. The van der Waals surface area contributed by atoms with Gasteiger partial charge in [0, 0.05) is 10.7 Å². The zero-order chi connectivity index (χ0) is 17.5. The van der Waals surface area contributed by atoms with Crippen LogP contribution in [-0.4, -0.2) is 6.03 Å². The quantitative estimate of drug-likeness (QED) is 0.515. The van der Waals surface area contributed by atoms with Crippen LogP contribution in [0, 0.1) is 0 Å². The molecule has 2 aromatic carbocycles. The van der Waals surface area contributed by atoms with E-state index in [1.807, 2.05) is 24.3 Å². The van der Waals surface area contributed by atoms with Gasteiger partial charge in [-0.2, -0.15) is 0 Å². The third-order valence-electron chi connectivity index (χ3n) is 3.53. The molecule has 2 amide bonds. The van der Waals surface area contributed by atoms with E-state index in [1.165, 1.54) is 37.0 Å². The second-order valence-electron chi connectivity index (χ2n) is 5.48. The number of benzene rings is 2. The Morgan fingerprint density at radius 3 is 2.17 bits per heavy atom. The van der Waals surface area contributed by atoms with Crippen molar-refractivity contribution in [2.75, 3.05) is 10.6 Å². The molecule has 2 aromatic rings. The number of urea groups is 1. The largest absolute Gasteiger partial charge is 0.323 e. The summed E-state index contributed by atoms with van der Waals surface area (Å²) in [7, 11) is 0. The maximum atomic E-state index is 12.1. The molecule has 0 radical (unpaired) electrons. The highest BCUT2D eigenvalue weighted by atomic mass is 35.5. The van der Waals surface area contributed by atoms with Crippen molar-refractivity contribution in [1.29, 1.82) is 0 Å². The number of carbonyl (C=O) groups excluding carboxylic acids is 1. The molecule has 0 saturated carbocycles. The second kappa shape index (κ2) is 9.16. The number of aryl methyl sites for hydroxylation is 1. The molecule has 0 unspecified atom stereocenters. The van der Waals surface area contributed by atoms with E-state index in [-0.39, 0.29) is 10.0 Å². The Bertz CT molecular complexity index is 679. The number of anilines is 2. The van der Waals surface area contributed by atoms with Crippen molar-refractivity contribution in [2.24, 2.45) is 0 Å². The Balaban J connectivity index is 1.95. The van der Waals surface area contributed by atoms with Gasteiger partial charge in [-0.05, 0) is 42.7 Å². The molecule has 6 heteroatoms. The molecule has 2 N–H and O–H groups in total. The number of hydrogen-bond donors (Lipinski definition) is 2. The molecule has 2 rings (SSSR count). The summed E-state index contributed by atoms with van der Waals surface area (Å²) in [5, 5.41) is 6.38. The minimum atomic E-state index is -0.417. The van der Waals surface area contributed by atoms with Gasteiger partial charge in [0.15, 0.2) is 0 Å². The predicted molar refractivity (Wildman–Crippen MR) is 104 cm³/mol. The molecular formula is C18H19Cl3N2O. The van der Waals surface area contributed by atoms with Crippen molar-refractivity contribution in [3.05, 3.63) is 57.0 Å². The van der Waals surface area contributed by atoms with Gasteiger partial charge in [-0.15, -0.1) is 0 Å². The number of halogens is 3. The van der Waals surface area contributed by atoms with E-state index >= 15 is 0 Å². The zero-order valence-corrected chi connectivity index (χ0v) is 15.6. The summed E-state index contributed by atoms with van der Waals surface area (Å²) in [5.41, 5.74) is 2.29. The van der Waals surface area contributed by atoms with Gasteiger partial charge < -0.3 is 10.6 Å². The SMILES string of the molecule is CCCCCc1ccc(NC(=O)Nc2c(Cl)cc(Cl)cc2Cl)cc1. The van der Waals surface area contributed by atoms with Crippen LogP contribution >= 0.6 is 34.8 Å². The molecule has 24 heavy (non-hydrogen) atoms. The Labute approximate surface area is 157 Å². The maximum absolute atomic E-state index is 12.1. The number of carbonyl (C=O) groups is 1. The average molecular weight is 386 g/mol. The van der Waals surface area contributed by atoms with Crippen molar-refractivity contribution in [2.45, 2.75) is 32.6 Å². The number of amides is 2. The summed E-state index contributed by atoms with van der Waals surface area (Å²) in [6.45, 7) is 2.19. The topological polar surface area (TPSA) is 41.1 Å². The summed E-state index contributed by atoms with van der Waals surface area (Å²) in [6.07, 6.45) is 4.66. The first-order valence-corrected chi connectivity index (χ1v) is 8.94. The molecular weight excluding hydrogens is 367 g/mol. The maximum Gasteiger partial charge on any atom is 0.323 e. The molecule has 0 saturated heterocycles. The molecule has 0 bridgehead atoms. The van der Waals surface area contributed by atoms with Crippen LogP contribution in [0.1, 0.15) is 31.7 Å². The molecule has 0 spiro atoms. The molecule has 3 nitrogen and oxygen atoms in total. The fraction of sp³-hybridized carbons (Fsp3) is 0.278. The minimum Gasteiger partial charge on any atom is -0.308 e. The summed E-state index contributed by atoms with van der Waals surface area (Å²) >= 11 is 18.0. The van der Waals surface area contributed by atoms with Crippen LogP contribution in [0.15, 0.2) is 36.4 Å². The van der Waals surface area contributed by atoms with E-state index in [2.05, 4.69) is 17.6 Å². The first kappa shape index (κ1) is 18.9. The monoisotopic (exact) mass is 384 g/mol. The number of hydrogen-bond acceptors (Lipinski definition) is 1.